The number of nitrogens with zero attached hydrogens (tertiary/aromatic N) is 4. The standard InChI is InChI=1S/C26H26N4O3S/c1-17-6-4-9-22(18(17)2)28-10-12-29(13-11-28)24(31)21-15-27-26-30(25(21)32)23(16-34-26)19-7-5-8-20(14-19)33-3/h4-9,14-16H,10-13H2,1-3H3. The van der Waals surface area contributed by atoms with Gasteiger partial charge in [-0.25, -0.2) is 4.98 Å². The van der Waals surface area contributed by atoms with E-state index >= 15 is 0 Å². The molecular weight excluding hydrogens is 448 g/mol. The molecule has 1 amide bonds. The van der Waals surface area contributed by atoms with Crippen molar-refractivity contribution in [3.05, 3.63) is 81.1 Å². The maximum Gasteiger partial charge on any atom is 0.271 e. The lowest BCUT2D eigenvalue weighted by Crippen LogP contribution is -2.50. The topological polar surface area (TPSA) is 67.2 Å². The van der Waals surface area contributed by atoms with Gasteiger partial charge < -0.3 is 14.5 Å². The van der Waals surface area contributed by atoms with E-state index < -0.39 is 0 Å². The Labute approximate surface area is 201 Å². The van der Waals surface area contributed by atoms with Crippen molar-refractivity contribution in [3.8, 4) is 17.0 Å². The second kappa shape index (κ2) is 8.95. The summed E-state index contributed by atoms with van der Waals surface area (Å²) in [6, 6.07) is 13.8. The molecule has 1 fully saturated rings. The Hall–Kier alpha value is -3.65. The maximum atomic E-state index is 13.4. The lowest BCUT2D eigenvalue weighted by molar-refractivity contribution is 0.0744. The molecule has 0 atom stereocenters. The average molecular weight is 475 g/mol. The molecule has 0 radical (unpaired) electrons. The molecule has 34 heavy (non-hydrogen) atoms. The van der Waals surface area contributed by atoms with E-state index in [0.717, 1.165) is 18.7 Å². The highest BCUT2D eigenvalue weighted by atomic mass is 32.1. The number of benzene rings is 2. The molecule has 2 aromatic carbocycles. The highest BCUT2D eigenvalue weighted by Crippen LogP contribution is 2.27. The molecule has 2 aromatic heterocycles. The number of aromatic nitrogens is 2. The summed E-state index contributed by atoms with van der Waals surface area (Å²) in [4.78, 5) is 35.8. The summed E-state index contributed by atoms with van der Waals surface area (Å²) in [5.41, 5.74) is 5.01. The Kier molecular flexibility index (Phi) is 5.83. The van der Waals surface area contributed by atoms with E-state index in [0.29, 0.717) is 29.5 Å². The van der Waals surface area contributed by atoms with Crippen LogP contribution in [-0.4, -0.2) is 53.5 Å². The van der Waals surface area contributed by atoms with Crippen LogP contribution in [-0.2, 0) is 0 Å². The molecule has 0 aliphatic carbocycles. The second-order valence-corrected chi connectivity index (χ2v) is 9.28. The number of thiazole rings is 1. The summed E-state index contributed by atoms with van der Waals surface area (Å²) in [7, 11) is 1.61. The molecule has 0 saturated carbocycles. The molecule has 7 nitrogen and oxygen atoms in total. The molecule has 8 heteroatoms. The minimum absolute atomic E-state index is 0.0974. The van der Waals surface area contributed by atoms with E-state index in [1.54, 1.807) is 12.0 Å². The smallest absolute Gasteiger partial charge is 0.271 e. The van der Waals surface area contributed by atoms with E-state index in [4.69, 9.17) is 4.74 Å². The van der Waals surface area contributed by atoms with E-state index in [1.807, 2.05) is 29.6 Å². The highest BCUT2D eigenvalue weighted by molar-refractivity contribution is 7.15. The molecular formula is C26H26N4O3S. The van der Waals surface area contributed by atoms with Crippen molar-refractivity contribution in [1.29, 1.82) is 0 Å². The van der Waals surface area contributed by atoms with Gasteiger partial charge in [0.15, 0.2) is 4.96 Å². The fourth-order valence-electron chi connectivity index (χ4n) is 4.42. The molecule has 1 saturated heterocycles. The Morgan fingerprint density at radius 1 is 1.06 bits per heavy atom. The van der Waals surface area contributed by atoms with Crippen LogP contribution in [0.1, 0.15) is 21.5 Å². The van der Waals surface area contributed by atoms with Gasteiger partial charge in [0.05, 0.1) is 12.8 Å². The van der Waals surface area contributed by atoms with Gasteiger partial charge in [0.25, 0.3) is 11.5 Å². The van der Waals surface area contributed by atoms with Crippen LogP contribution in [0.15, 0.2) is 58.8 Å². The Morgan fingerprint density at radius 3 is 2.59 bits per heavy atom. The molecule has 4 aromatic rings. The number of methoxy groups -OCH3 is 1. The van der Waals surface area contributed by atoms with Crippen LogP contribution < -0.4 is 15.2 Å². The van der Waals surface area contributed by atoms with Crippen LogP contribution in [0, 0.1) is 13.8 Å². The first kappa shape index (κ1) is 22.2. The molecule has 1 aliphatic rings. The summed E-state index contributed by atoms with van der Waals surface area (Å²) in [5, 5.41) is 1.88. The third-order valence-corrected chi connectivity index (χ3v) is 7.37. The van der Waals surface area contributed by atoms with Gasteiger partial charge in [-0.3, -0.25) is 14.0 Å². The largest absolute Gasteiger partial charge is 0.497 e. The van der Waals surface area contributed by atoms with Crippen molar-refractivity contribution in [3.63, 3.8) is 0 Å². The van der Waals surface area contributed by atoms with E-state index in [9.17, 15) is 9.59 Å². The molecule has 0 spiro atoms. The normalized spacial score (nSPS) is 14.0. The number of piperazine rings is 1. The van der Waals surface area contributed by atoms with Gasteiger partial charge in [0.2, 0.25) is 0 Å². The quantitative estimate of drug-likeness (QED) is 0.447. The van der Waals surface area contributed by atoms with E-state index in [-0.39, 0.29) is 17.0 Å². The summed E-state index contributed by atoms with van der Waals surface area (Å²) in [5.74, 6) is 0.433. The number of anilines is 1. The summed E-state index contributed by atoms with van der Waals surface area (Å²) >= 11 is 1.37. The van der Waals surface area contributed by atoms with Gasteiger partial charge in [-0.15, -0.1) is 11.3 Å². The maximum absolute atomic E-state index is 13.4. The number of hydrogen-bond donors (Lipinski definition) is 0. The Balaban J connectivity index is 1.41. The second-order valence-electron chi connectivity index (χ2n) is 8.45. The number of amides is 1. The summed E-state index contributed by atoms with van der Waals surface area (Å²) in [6.07, 6.45) is 1.42. The van der Waals surface area contributed by atoms with Crippen LogP contribution in [0.4, 0.5) is 5.69 Å². The SMILES string of the molecule is COc1cccc(-c2csc3ncc(C(=O)N4CCN(c5cccc(C)c5C)CC4)c(=O)n23)c1. The Bertz CT molecular complexity index is 1430. The van der Waals surface area contributed by atoms with Crippen LogP contribution in [0.5, 0.6) is 5.75 Å². The van der Waals surface area contributed by atoms with E-state index in [1.165, 1.54) is 38.7 Å². The zero-order valence-electron chi connectivity index (χ0n) is 19.4. The molecule has 0 unspecified atom stereocenters. The van der Waals surface area contributed by atoms with Gasteiger partial charge in [-0.05, 0) is 43.2 Å². The van der Waals surface area contributed by atoms with Gasteiger partial charge in [-0.2, -0.15) is 0 Å². The minimum atomic E-state index is -0.342. The minimum Gasteiger partial charge on any atom is -0.497 e. The number of ether oxygens (including phenoxy) is 1. The first-order valence-electron chi connectivity index (χ1n) is 11.2. The van der Waals surface area contributed by atoms with Gasteiger partial charge in [0.1, 0.15) is 11.3 Å². The number of fused-ring (bicyclic) bond motifs is 1. The molecule has 5 rings (SSSR count). The Morgan fingerprint density at radius 2 is 1.82 bits per heavy atom. The number of aryl methyl sites for hydroxylation is 1. The summed E-state index contributed by atoms with van der Waals surface area (Å²) < 4.78 is 6.85. The predicted molar refractivity (Wildman–Crippen MR) is 135 cm³/mol. The first-order chi connectivity index (χ1) is 16.5. The fourth-order valence-corrected chi connectivity index (χ4v) is 5.28. The van der Waals surface area contributed by atoms with Crippen molar-refractivity contribution in [1.82, 2.24) is 14.3 Å². The van der Waals surface area contributed by atoms with Crippen LogP contribution in [0.25, 0.3) is 16.2 Å². The monoisotopic (exact) mass is 474 g/mol. The number of carbonyl (C=O) groups excluding carboxylic acids is 1. The zero-order valence-corrected chi connectivity index (χ0v) is 20.3. The number of rotatable bonds is 4. The average Bonchev–Trinajstić information content (AvgIpc) is 3.31. The van der Waals surface area contributed by atoms with Gasteiger partial charge in [-0.1, -0.05) is 24.3 Å². The highest BCUT2D eigenvalue weighted by Gasteiger charge is 2.26. The molecule has 3 heterocycles. The number of carbonyl (C=O) groups is 1. The zero-order chi connectivity index (χ0) is 23.8. The van der Waals surface area contributed by atoms with Gasteiger partial charge in [0, 0.05) is 49.0 Å². The first-order valence-corrected chi connectivity index (χ1v) is 12.1. The third kappa shape index (κ3) is 3.84. The van der Waals surface area contributed by atoms with Crippen LogP contribution >= 0.6 is 11.3 Å². The molecule has 1 aliphatic heterocycles. The van der Waals surface area contributed by atoms with Crippen molar-refractivity contribution >= 4 is 27.9 Å². The lowest BCUT2D eigenvalue weighted by Gasteiger charge is -2.37. The van der Waals surface area contributed by atoms with Crippen molar-refractivity contribution in [2.24, 2.45) is 0 Å². The number of hydrogen-bond acceptors (Lipinski definition) is 6. The van der Waals surface area contributed by atoms with Crippen molar-refractivity contribution in [2.75, 3.05) is 38.2 Å². The molecule has 174 valence electrons. The van der Waals surface area contributed by atoms with Crippen LogP contribution in [0.2, 0.25) is 0 Å². The third-order valence-electron chi connectivity index (χ3n) is 6.53. The fraction of sp³-hybridized carbons (Fsp3) is 0.269. The molecule has 0 bridgehead atoms. The predicted octanol–water partition coefficient (Wildman–Crippen LogP) is 4.01. The lowest BCUT2D eigenvalue weighted by atomic mass is 10.1. The molecule has 0 N–H and O–H groups in total. The van der Waals surface area contributed by atoms with Crippen molar-refractivity contribution in [2.45, 2.75) is 13.8 Å². The van der Waals surface area contributed by atoms with Crippen molar-refractivity contribution < 1.29 is 9.53 Å². The van der Waals surface area contributed by atoms with E-state index in [2.05, 4.69) is 41.9 Å². The summed E-state index contributed by atoms with van der Waals surface area (Å²) in [6.45, 7) is 6.80. The van der Waals surface area contributed by atoms with Gasteiger partial charge >= 0.3 is 0 Å². The van der Waals surface area contributed by atoms with Crippen LogP contribution in [0.3, 0.4) is 0 Å².